The summed E-state index contributed by atoms with van der Waals surface area (Å²) in [6.07, 6.45) is 3.27. The Bertz CT molecular complexity index is 540. The second-order valence-electron chi connectivity index (χ2n) is 5.74. The monoisotopic (exact) mass is 277 g/mol. The Morgan fingerprint density at radius 2 is 2.11 bits per heavy atom. The van der Waals surface area contributed by atoms with E-state index >= 15 is 0 Å². The van der Waals surface area contributed by atoms with Gasteiger partial charge in [0.25, 0.3) is 0 Å². The zero-order valence-corrected chi connectivity index (χ0v) is 13.0. The first-order valence-electron chi connectivity index (χ1n) is 6.85. The van der Waals surface area contributed by atoms with Gasteiger partial charge in [-0.3, -0.25) is 0 Å². The van der Waals surface area contributed by atoms with E-state index in [9.17, 15) is 0 Å². The average molecular weight is 277 g/mol. The van der Waals surface area contributed by atoms with Crippen LogP contribution in [0.5, 0.6) is 0 Å². The molecule has 2 rings (SSSR count). The van der Waals surface area contributed by atoms with E-state index in [1.165, 1.54) is 12.1 Å². The van der Waals surface area contributed by atoms with Crippen molar-refractivity contribution >= 4 is 17.4 Å². The van der Waals surface area contributed by atoms with Gasteiger partial charge in [-0.05, 0) is 45.1 Å². The Morgan fingerprint density at radius 3 is 2.79 bits per heavy atom. The molecular weight excluding hydrogens is 254 g/mol. The Labute approximate surface area is 119 Å². The summed E-state index contributed by atoms with van der Waals surface area (Å²) in [5.41, 5.74) is 2.42. The summed E-state index contributed by atoms with van der Waals surface area (Å²) in [5.74, 6) is 1.12. The van der Waals surface area contributed by atoms with Crippen molar-refractivity contribution in [2.75, 3.05) is 5.75 Å². The van der Waals surface area contributed by atoms with Crippen molar-refractivity contribution in [1.29, 1.82) is 0 Å². The fourth-order valence-electron chi connectivity index (χ4n) is 1.85. The van der Waals surface area contributed by atoms with Crippen LogP contribution in [0.3, 0.4) is 0 Å². The normalized spacial score (nSPS) is 12.2. The van der Waals surface area contributed by atoms with Gasteiger partial charge in [0.2, 0.25) is 0 Å². The van der Waals surface area contributed by atoms with Crippen molar-refractivity contribution in [3.05, 3.63) is 30.1 Å². The number of hydrogen-bond donors (Lipinski definition) is 1. The smallest absolute Gasteiger partial charge is 0.138 e. The van der Waals surface area contributed by atoms with E-state index in [0.717, 1.165) is 23.0 Å². The minimum absolute atomic E-state index is 0.117. The molecule has 0 aliphatic carbocycles. The molecule has 104 valence electrons. The maximum absolute atomic E-state index is 4.74. The molecular formula is C15H23N3S. The second-order valence-corrected chi connectivity index (χ2v) is 6.83. The highest BCUT2D eigenvalue weighted by molar-refractivity contribution is 7.99. The van der Waals surface area contributed by atoms with Gasteiger partial charge in [-0.25, -0.2) is 4.98 Å². The first-order valence-corrected chi connectivity index (χ1v) is 7.83. The van der Waals surface area contributed by atoms with E-state index in [0.29, 0.717) is 0 Å². The summed E-state index contributed by atoms with van der Waals surface area (Å²) < 4.78 is 2.19. The van der Waals surface area contributed by atoms with Crippen LogP contribution in [0, 0.1) is 0 Å². The van der Waals surface area contributed by atoms with E-state index in [1.807, 2.05) is 17.8 Å². The fourth-order valence-corrected chi connectivity index (χ4v) is 2.74. The van der Waals surface area contributed by atoms with Crippen molar-refractivity contribution in [2.45, 2.75) is 51.2 Å². The lowest BCUT2D eigenvalue weighted by Crippen LogP contribution is -2.35. The number of nitrogens with one attached hydrogen (secondary N) is 1. The van der Waals surface area contributed by atoms with Crippen molar-refractivity contribution in [3.8, 4) is 0 Å². The van der Waals surface area contributed by atoms with Gasteiger partial charge in [0.15, 0.2) is 0 Å². The standard InChI is InChI=1S/C15H23N3S/c1-5-10-19-14-12(11-16-15(2,3)4)18-9-7-6-8-13(18)17-14/h6-9,16H,5,10-11H2,1-4H3. The molecule has 2 aromatic heterocycles. The Kier molecular flexibility index (Phi) is 4.53. The Hall–Kier alpha value is -1.00. The first-order chi connectivity index (χ1) is 9.01. The summed E-state index contributed by atoms with van der Waals surface area (Å²) in [6, 6.07) is 6.16. The average Bonchev–Trinajstić information content (AvgIpc) is 2.70. The molecule has 1 N–H and O–H groups in total. The Morgan fingerprint density at radius 1 is 1.32 bits per heavy atom. The van der Waals surface area contributed by atoms with Crippen molar-refractivity contribution in [1.82, 2.24) is 14.7 Å². The molecule has 0 fully saturated rings. The number of thioether (sulfide) groups is 1. The van der Waals surface area contributed by atoms with Crippen LogP contribution in [0.25, 0.3) is 5.65 Å². The first kappa shape index (κ1) is 14.4. The van der Waals surface area contributed by atoms with Gasteiger partial charge in [0, 0.05) is 18.3 Å². The summed E-state index contributed by atoms with van der Waals surface area (Å²) in [5, 5.41) is 4.72. The van der Waals surface area contributed by atoms with E-state index in [4.69, 9.17) is 4.98 Å². The number of fused-ring (bicyclic) bond motifs is 1. The molecule has 0 aliphatic heterocycles. The highest BCUT2D eigenvalue weighted by Crippen LogP contribution is 2.24. The van der Waals surface area contributed by atoms with Crippen LogP contribution in [0.4, 0.5) is 0 Å². The lowest BCUT2D eigenvalue weighted by molar-refractivity contribution is 0.418. The van der Waals surface area contributed by atoms with Gasteiger partial charge in [-0.15, -0.1) is 11.8 Å². The fraction of sp³-hybridized carbons (Fsp3) is 0.533. The molecule has 0 saturated carbocycles. The van der Waals surface area contributed by atoms with Crippen LogP contribution in [0.2, 0.25) is 0 Å². The van der Waals surface area contributed by atoms with Crippen molar-refractivity contribution < 1.29 is 0 Å². The number of pyridine rings is 1. The maximum Gasteiger partial charge on any atom is 0.138 e. The van der Waals surface area contributed by atoms with Gasteiger partial charge >= 0.3 is 0 Å². The third-order valence-corrected chi connectivity index (χ3v) is 4.03. The summed E-state index contributed by atoms with van der Waals surface area (Å²) in [4.78, 5) is 4.74. The highest BCUT2D eigenvalue weighted by Gasteiger charge is 2.15. The summed E-state index contributed by atoms with van der Waals surface area (Å²) in [6.45, 7) is 9.62. The van der Waals surface area contributed by atoms with Crippen LogP contribution in [0.1, 0.15) is 39.8 Å². The molecule has 0 unspecified atom stereocenters. The van der Waals surface area contributed by atoms with Gasteiger partial charge in [-0.1, -0.05) is 13.0 Å². The van der Waals surface area contributed by atoms with Gasteiger partial charge < -0.3 is 9.72 Å². The molecule has 0 amide bonds. The SMILES string of the molecule is CCCSc1nc2ccccn2c1CNC(C)(C)C. The highest BCUT2D eigenvalue weighted by atomic mass is 32.2. The van der Waals surface area contributed by atoms with E-state index < -0.39 is 0 Å². The largest absolute Gasteiger partial charge is 0.306 e. The minimum atomic E-state index is 0.117. The molecule has 2 aromatic rings. The number of nitrogens with zero attached hydrogens (tertiary/aromatic N) is 2. The molecule has 3 nitrogen and oxygen atoms in total. The lowest BCUT2D eigenvalue weighted by Gasteiger charge is -2.20. The molecule has 19 heavy (non-hydrogen) atoms. The Balaban J connectivity index is 2.31. The minimum Gasteiger partial charge on any atom is -0.306 e. The molecule has 0 spiro atoms. The van der Waals surface area contributed by atoms with Gasteiger partial charge in [0.1, 0.15) is 10.7 Å². The molecule has 0 aromatic carbocycles. The molecule has 0 radical (unpaired) electrons. The van der Waals surface area contributed by atoms with Crippen molar-refractivity contribution in [3.63, 3.8) is 0 Å². The third-order valence-electron chi connectivity index (χ3n) is 2.82. The third kappa shape index (κ3) is 3.74. The zero-order chi connectivity index (χ0) is 13.9. The van der Waals surface area contributed by atoms with Gasteiger partial charge in [-0.2, -0.15) is 0 Å². The van der Waals surface area contributed by atoms with E-state index in [-0.39, 0.29) is 5.54 Å². The lowest BCUT2D eigenvalue weighted by atomic mass is 10.1. The maximum atomic E-state index is 4.74. The van der Waals surface area contributed by atoms with E-state index in [2.05, 4.69) is 55.7 Å². The van der Waals surface area contributed by atoms with Crippen molar-refractivity contribution in [2.24, 2.45) is 0 Å². The number of imidazole rings is 1. The number of rotatable bonds is 5. The molecule has 0 bridgehead atoms. The number of hydrogen-bond acceptors (Lipinski definition) is 3. The molecule has 0 aliphatic rings. The predicted molar refractivity (Wildman–Crippen MR) is 82.8 cm³/mol. The molecule has 2 heterocycles. The van der Waals surface area contributed by atoms with Crippen LogP contribution in [0.15, 0.2) is 29.4 Å². The molecule has 4 heteroatoms. The molecule has 0 saturated heterocycles. The molecule has 0 atom stereocenters. The predicted octanol–water partition coefficient (Wildman–Crippen LogP) is 3.72. The van der Waals surface area contributed by atoms with Gasteiger partial charge in [0.05, 0.1) is 5.69 Å². The summed E-state index contributed by atoms with van der Waals surface area (Å²) in [7, 11) is 0. The second kappa shape index (κ2) is 5.97. The topological polar surface area (TPSA) is 29.3 Å². The van der Waals surface area contributed by atoms with Crippen LogP contribution >= 0.6 is 11.8 Å². The van der Waals surface area contributed by atoms with Crippen LogP contribution in [-0.4, -0.2) is 20.7 Å². The van der Waals surface area contributed by atoms with Crippen LogP contribution < -0.4 is 5.32 Å². The van der Waals surface area contributed by atoms with E-state index in [1.54, 1.807) is 0 Å². The van der Waals surface area contributed by atoms with Crippen LogP contribution in [-0.2, 0) is 6.54 Å². The zero-order valence-electron chi connectivity index (χ0n) is 12.2. The summed E-state index contributed by atoms with van der Waals surface area (Å²) >= 11 is 1.85. The number of aromatic nitrogens is 2. The quantitative estimate of drug-likeness (QED) is 0.845.